The van der Waals surface area contributed by atoms with Crippen molar-refractivity contribution in [2.45, 2.75) is 33.1 Å². The standard InChI is InChI=1S/C18H19FO/c1-13-3-5-15(6-4-13)7-10-18(20)12-16-8-9-17(19)11-14(16)2/h3-6,8-9,11H,7,10,12H2,1-2H3. The first-order valence-electron chi connectivity index (χ1n) is 6.87. The Morgan fingerprint density at radius 1 is 1.05 bits per heavy atom. The fraction of sp³-hybridized carbons (Fsp3) is 0.278. The van der Waals surface area contributed by atoms with Gasteiger partial charge in [0.05, 0.1) is 0 Å². The van der Waals surface area contributed by atoms with Crippen LogP contribution in [0.15, 0.2) is 42.5 Å². The number of halogens is 1. The predicted molar refractivity (Wildman–Crippen MR) is 79.3 cm³/mol. The van der Waals surface area contributed by atoms with E-state index in [1.54, 1.807) is 6.07 Å². The smallest absolute Gasteiger partial charge is 0.137 e. The second-order valence-corrected chi connectivity index (χ2v) is 5.27. The van der Waals surface area contributed by atoms with Gasteiger partial charge in [-0.3, -0.25) is 4.79 Å². The molecule has 104 valence electrons. The molecule has 1 nitrogen and oxygen atoms in total. The zero-order valence-electron chi connectivity index (χ0n) is 11.9. The summed E-state index contributed by atoms with van der Waals surface area (Å²) in [6.07, 6.45) is 1.68. The van der Waals surface area contributed by atoms with Crippen molar-refractivity contribution in [1.82, 2.24) is 0 Å². The number of ketones is 1. The van der Waals surface area contributed by atoms with Crippen molar-refractivity contribution in [3.63, 3.8) is 0 Å². The second kappa shape index (κ2) is 6.47. The molecule has 0 saturated carbocycles. The Hall–Kier alpha value is -1.96. The lowest BCUT2D eigenvalue weighted by Crippen LogP contribution is -2.05. The molecule has 0 aromatic heterocycles. The maximum atomic E-state index is 13.0. The van der Waals surface area contributed by atoms with Crippen LogP contribution in [0.1, 0.15) is 28.7 Å². The summed E-state index contributed by atoms with van der Waals surface area (Å²) in [5.41, 5.74) is 4.16. The van der Waals surface area contributed by atoms with Crippen LogP contribution >= 0.6 is 0 Å². The number of hydrogen-bond donors (Lipinski definition) is 0. The Morgan fingerprint density at radius 3 is 2.40 bits per heavy atom. The molecule has 20 heavy (non-hydrogen) atoms. The minimum atomic E-state index is -0.252. The molecule has 0 radical (unpaired) electrons. The van der Waals surface area contributed by atoms with Crippen LogP contribution in [0.4, 0.5) is 4.39 Å². The van der Waals surface area contributed by atoms with Crippen molar-refractivity contribution in [1.29, 1.82) is 0 Å². The Kier molecular flexibility index (Phi) is 4.67. The molecule has 0 bridgehead atoms. The molecule has 0 unspecified atom stereocenters. The summed E-state index contributed by atoms with van der Waals surface area (Å²) in [5, 5.41) is 0. The van der Waals surface area contributed by atoms with Crippen LogP contribution in [-0.4, -0.2) is 5.78 Å². The molecule has 0 N–H and O–H groups in total. The number of carbonyl (C=O) groups is 1. The normalized spacial score (nSPS) is 10.6. The first kappa shape index (κ1) is 14.4. The van der Waals surface area contributed by atoms with Gasteiger partial charge in [0.25, 0.3) is 0 Å². The highest BCUT2D eigenvalue weighted by Crippen LogP contribution is 2.13. The largest absolute Gasteiger partial charge is 0.299 e. The van der Waals surface area contributed by atoms with Crippen molar-refractivity contribution in [3.05, 3.63) is 70.5 Å². The van der Waals surface area contributed by atoms with Gasteiger partial charge < -0.3 is 0 Å². The van der Waals surface area contributed by atoms with Gasteiger partial charge >= 0.3 is 0 Å². The summed E-state index contributed by atoms with van der Waals surface area (Å²) in [7, 11) is 0. The molecule has 2 heteroatoms. The molecule has 0 amide bonds. The van der Waals surface area contributed by atoms with Crippen LogP contribution in [0.3, 0.4) is 0 Å². The third kappa shape index (κ3) is 4.02. The summed E-state index contributed by atoms with van der Waals surface area (Å²) < 4.78 is 13.0. The lowest BCUT2D eigenvalue weighted by Gasteiger charge is -2.06. The van der Waals surface area contributed by atoms with E-state index in [0.717, 1.165) is 17.5 Å². The summed E-state index contributed by atoms with van der Waals surface area (Å²) in [5.74, 6) is -0.0568. The highest BCUT2D eigenvalue weighted by atomic mass is 19.1. The lowest BCUT2D eigenvalue weighted by molar-refractivity contribution is -0.118. The molecule has 0 aliphatic carbocycles. The quantitative estimate of drug-likeness (QED) is 0.796. The Labute approximate surface area is 119 Å². The topological polar surface area (TPSA) is 17.1 Å². The minimum absolute atomic E-state index is 0.195. The van der Waals surface area contributed by atoms with Gasteiger partial charge in [-0.05, 0) is 49.1 Å². The maximum Gasteiger partial charge on any atom is 0.137 e. The molecule has 0 fully saturated rings. The Morgan fingerprint density at radius 2 is 1.75 bits per heavy atom. The monoisotopic (exact) mass is 270 g/mol. The number of aryl methyl sites for hydroxylation is 3. The van der Waals surface area contributed by atoms with Crippen LogP contribution in [0, 0.1) is 19.7 Å². The zero-order valence-corrected chi connectivity index (χ0v) is 11.9. The van der Waals surface area contributed by atoms with E-state index in [1.165, 1.54) is 23.3 Å². The summed E-state index contributed by atoms with van der Waals surface area (Å²) in [6.45, 7) is 3.89. The predicted octanol–water partition coefficient (Wildman–Crippen LogP) is 4.19. The highest BCUT2D eigenvalue weighted by Gasteiger charge is 2.07. The average molecular weight is 270 g/mol. The van der Waals surface area contributed by atoms with Gasteiger partial charge in [0.15, 0.2) is 0 Å². The van der Waals surface area contributed by atoms with Gasteiger partial charge in [-0.15, -0.1) is 0 Å². The van der Waals surface area contributed by atoms with Gasteiger partial charge in [-0.25, -0.2) is 4.39 Å². The van der Waals surface area contributed by atoms with E-state index in [4.69, 9.17) is 0 Å². The van der Waals surface area contributed by atoms with E-state index in [-0.39, 0.29) is 11.6 Å². The van der Waals surface area contributed by atoms with Crippen LogP contribution in [0.2, 0.25) is 0 Å². The Balaban J connectivity index is 1.90. The molecule has 0 aliphatic rings. The van der Waals surface area contributed by atoms with E-state index in [0.29, 0.717) is 12.8 Å². The van der Waals surface area contributed by atoms with E-state index >= 15 is 0 Å². The van der Waals surface area contributed by atoms with Crippen molar-refractivity contribution in [2.75, 3.05) is 0 Å². The summed E-state index contributed by atoms with van der Waals surface area (Å²) in [4.78, 5) is 12.0. The van der Waals surface area contributed by atoms with Crippen LogP contribution in [0.25, 0.3) is 0 Å². The first-order valence-corrected chi connectivity index (χ1v) is 6.87. The molecule has 2 aromatic rings. The average Bonchev–Trinajstić information content (AvgIpc) is 2.41. The molecular formula is C18H19FO. The fourth-order valence-corrected chi connectivity index (χ4v) is 2.20. The molecular weight excluding hydrogens is 251 g/mol. The third-order valence-electron chi connectivity index (χ3n) is 3.51. The van der Waals surface area contributed by atoms with Gasteiger partial charge in [-0.1, -0.05) is 35.9 Å². The fourth-order valence-electron chi connectivity index (χ4n) is 2.20. The lowest BCUT2D eigenvalue weighted by atomic mass is 9.99. The van der Waals surface area contributed by atoms with E-state index in [2.05, 4.69) is 24.3 Å². The van der Waals surface area contributed by atoms with Gasteiger partial charge in [0.2, 0.25) is 0 Å². The highest BCUT2D eigenvalue weighted by molar-refractivity contribution is 5.81. The molecule has 0 saturated heterocycles. The number of rotatable bonds is 5. The van der Waals surface area contributed by atoms with Gasteiger partial charge in [-0.2, -0.15) is 0 Å². The number of benzene rings is 2. The van der Waals surface area contributed by atoms with Crippen molar-refractivity contribution < 1.29 is 9.18 Å². The number of carbonyl (C=O) groups excluding carboxylic acids is 1. The van der Waals surface area contributed by atoms with E-state index < -0.39 is 0 Å². The summed E-state index contributed by atoms with van der Waals surface area (Å²) >= 11 is 0. The number of hydrogen-bond acceptors (Lipinski definition) is 1. The Bertz CT molecular complexity index is 599. The maximum absolute atomic E-state index is 13.0. The molecule has 0 heterocycles. The van der Waals surface area contributed by atoms with Crippen LogP contribution < -0.4 is 0 Å². The molecule has 2 aromatic carbocycles. The first-order chi connectivity index (χ1) is 9.54. The third-order valence-corrected chi connectivity index (χ3v) is 3.51. The van der Waals surface area contributed by atoms with Crippen LogP contribution in [-0.2, 0) is 17.6 Å². The number of Topliss-reactive ketones (excluding diaryl/α,β-unsaturated/α-hetero) is 1. The van der Waals surface area contributed by atoms with E-state index in [1.807, 2.05) is 13.8 Å². The summed E-state index contributed by atoms with van der Waals surface area (Å²) in [6, 6.07) is 12.8. The second-order valence-electron chi connectivity index (χ2n) is 5.27. The van der Waals surface area contributed by atoms with Crippen molar-refractivity contribution in [2.24, 2.45) is 0 Å². The zero-order chi connectivity index (χ0) is 14.5. The van der Waals surface area contributed by atoms with Crippen molar-refractivity contribution in [3.8, 4) is 0 Å². The van der Waals surface area contributed by atoms with Crippen LogP contribution in [0.5, 0.6) is 0 Å². The van der Waals surface area contributed by atoms with E-state index in [9.17, 15) is 9.18 Å². The molecule has 0 atom stereocenters. The minimum Gasteiger partial charge on any atom is -0.299 e. The molecule has 2 rings (SSSR count). The molecule has 0 aliphatic heterocycles. The van der Waals surface area contributed by atoms with Gasteiger partial charge in [0.1, 0.15) is 11.6 Å². The van der Waals surface area contributed by atoms with Gasteiger partial charge in [0, 0.05) is 12.8 Å². The SMILES string of the molecule is Cc1ccc(CCC(=O)Cc2ccc(F)cc2C)cc1. The van der Waals surface area contributed by atoms with Crippen molar-refractivity contribution >= 4 is 5.78 Å². The molecule has 0 spiro atoms.